The number of thioether (sulfide) groups is 1. The molecule has 0 fully saturated rings. The van der Waals surface area contributed by atoms with Gasteiger partial charge in [0.05, 0.1) is 12.7 Å². The molecule has 0 saturated carbocycles. The SMILES string of the molecule is C=CCc1cc(/C=C2/C(=N)N3C=CSC3=NC2=O)cc(OC)c1OCCOc1ccccc1CC. The summed E-state index contributed by atoms with van der Waals surface area (Å²) >= 11 is 1.32. The van der Waals surface area contributed by atoms with Gasteiger partial charge in [-0.1, -0.05) is 43.0 Å². The molecule has 0 atom stereocenters. The summed E-state index contributed by atoms with van der Waals surface area (Å²) in [4.78, 5) is 18.2. The van der Waals surface area contributed by atoms with Crippen LogP contribution in [0.25, 0.3) is 6.08 Å². The zero-order chi connectivity index (χ0) is 24.8. The average molecular weight is 490 g/mol. The van der Waals surface area contributed by atoms with Gasteiger partial charge in [0.15, 0.2) is 16.7 Å². The van der Waals surface area contributed by atoms with Crippen LogP contribution in [-0.2, 0) is 17.6 Å². The molecule has 0 aromatic heterocycles. The van der Waals surface area contributed by atoms with Crippen molar-refractivity contribution in [3.63, 3.8) is 0 Å². The van der Waals surface area contributed by atoms with Gasteiger partial charge >= 0.3 is 0 Å². The number of hydrogen-bond donors (Lipinski definition) is 1. The smallest absolute Gasteiger partial charge is 0.283 e. The van der Waals surface area contributed by atoms with E-state index in [0.717, 1.165) is 23.3 Å². The fraction of sp³-hybridized carbons (Fsp3) is 0.222. The Labute approximate surface area is 209 Å². The molecule has 2 aliphatic heterocycles. The number of carbonyl (C=O) groups excluding carboxylic acids is 1. The summed E-state index contributed by atoms with van der Waals surface area (Å²) in [5.41, 5.74) is 2.93. The lowest BCUT2D eigenvalue weighted by atomic mass is 10.0. The second-order valence-electron chi connectivity index (χ2n) is 7.74. The van der Waals surface area contributed by atoms with Gasteiger partial charge in [-0.25, -0.2) is 0 Å². The molecule has 2 aromatic rings. The van der Waals surface area contributed by atoms with Gasteiger partial charge in [-0.2, -0.15) is 4.99 Å². The molecule has 2 heterocycles. The minimum absolute atomic E-state index is 0.0929. The first-order valence-electron chi connectivity index (χ1n) is 11.3. The van der Waals surface area contributed by atoms with Gasteiger partial charge in [0.25, 0.3) is 5.91 Å². The molecule has 0 bridgehead atoms. The number of hydrogen-bond acceptors (Lipinski definition) is 6. The first kappa shape index (κ1) is 24.3. The Kier molecular flexibility index (Phi) is 7.72. The number of amides is 1. The predicted octanol–water partition coefficient (Wildman–Crippen LogP) is 5.22. The molecule has 4 rings (SSSR count). The van der Waals surface area contributed by atoms with Crippen molar-refractivity contribution in [1.82, 2.24) is 4.90 Å². The van der Waals surface area contributed by atoms with Gasteiger partial charge in [0.1, 0.15) is 24.8 Å². The maximum absolute atomic E-state index is 12.6. The maximum atomic E-state index is 12.6. The van der Waals surface area contributed by atoms with Crippen molar-refractivity contribution in [1.29, 1.82) is 5.41 Å². The summed E-state index contributed by atoms with van der Waals surface area (Å²) in [6, 6.07) is 11.7. The molecule has 0 radical (unpaired) electrons. The predicted molar refractivity (Wildman–Crippen MR) is 140 cm³/mol. The van der Waals surface area contributed by atoms with Crippen LogP contribution in [0.4, 0.5) is 0 Å². The van der Waals surface area contributed by atoms with Crippen LogP contribution in [0.2, 0.25) is 0 Å². The van der Waals surface area contributed by atoms with Crippen molar-refractivity contribution >= 4 is 34.7 Å². The third-order valence-corrected chi connectivity index (χ3v) is 6.26. The highest BCUT2D eigenvalue weighted by molar-refractivity contribution is 8.16. The van der Waals surface area contributed by atoms with E-state index in [1.807, 2.05) is 24.3 Å². The number of aliphatic imine (C=N–C) groups is 1. The molecule has 180 valence electrons. The van der Waals surface area contributed by atoms with E-state index in [9.17, 15) is 4.79 Å². The number of benzene rings is 2. The van der Waals surface area contributed by atoms with Crippen molar-refractivity contribution in [3.05, 3.63) is 82.9 Å². The first-order chi connectivity index (χ1) is 17.0. The number of methoxy groups -OCH3 is 1. The summed E-state index contributed by atoms with van der Waals surface area (Å²) in [6.07, 6.45) is 6.61. The van der Waals surface area contributed by atoms with Crippen LogP contribution in [0, 0.1) is 5.41 Å². The molecule has 2 aliphatic rings. The number of nitrogens with zero attached hydrogens (tertiary/aromatic N) is 2. The van der Waals surface area contributed by atoms with E-state index in [2.05, 4.69) is 24.6 Å². The molecule has 1 N–H and O–H groups in total. The summed E-state index contributed by atoms with van der Waals surface area (Å²) in [5, 5.41) is 10.7. The number of aryl methyl sites for hydroxylation is 1. The number of fused-ring (bicyclic) bond motifs is 1. The number of ether oxygens (including phenoxy) is 3. The fourth-order valence-electron chi connectivity index (χ4n) is 3.82. The van der Waals surface area contributed by atoms with Crippen LogP contribution >= 0.6 is 11.8 Å². The topological polar surface area (TPSA) is 84.2 Å². The highest BCUT2D eigenvalue weighted by Gasteiger charge is 2.31. The number of allylic oxidation sites excluding steroid dienone is 1. The summed E-state index contributed by atoms with van der Waals surface area (Å²) < 4.78 is 17.6. The lowest BCUT2D eigenvalue weighted by Crippen LogP contribution is -2.35. The van der Waals surface area contributed by atoms with E-state index < -0.39 is 5.91 Å². The van der Waals surface area contributed by atoms with Gasteiger partial charge in [0, 0.05) is 11.8 Å². The van der Waals surface area contributed by atoms with Crippen LogP contribution in [-0.4, -0.2) is 42.1 Å². The van der Waals surface area contributed by atoms with Crippen LogP contribution in [0.15, 0.2) is 71.2 Å². The van der Waals surface area contributed by atoms with Gasteiger partial charge in [-0.15, -0.1) is 6.58 Å². The largest absolute Gasteiger partial charge is 0.493 e. The molecular weight excluding hydrogens is 462 g/mol. The second-order valence-corrected chi connectivity index (χ2v) is 8.61. The van der Waals surface area contributed by atoms with E-state index in [1.165, 1.54) is 11.8 Å². The quantitative estimate of drug-likeness (QED) is 0.280. The van der Waals surface area contributed by atoms with Gasteiger partial charge in [-0.3, -0.25) is 15.1 Å². The molecule has 1 amide bonds. The van der Waals surface area contributed by atoms with Crippen molar-refractivity contribution in [2.75, 3.05) is 20.3 Å². The Morgan fingerprint density at radius 1 is 1.14 bits per heavy atom. The average Bonchev–Trinajstić information content (AvgIpc) is 3.34. The lowest BCUT2D eigenvalue weighted by molar-refractivity contribution is -0.114. The Morgan fingerprint density at radius 3 is 2.71 bits per heavy atom. The summed E-state index contributed by atoms with van der Waals surface area (Å²) in [7, 11) is 1.57. The molecule has 2 aromatic carbocycles. The highest BCUT2D eigenvalue weighted by Crippen LogP contribution is 2.35. The van der Waals surface area contributed by atoms with Crippen LogP contribution in [0.5, 0.6) is 17.2 Å². The van der Waals surface area contributed by atoms with E-state index in [-0.39, 0.29) is 11.4 Å². The Balaban J connectivity index is 1.55. The van der Waals surface area contributed by atoms with E-state index in [0.29, 0.717) is 41.9 Å². The molecule has 0 aliphatic carbocycles. The maximum Gasteiger partial charge on any atom is 0.283 e. The first-order valence-corrected chi connectivity index (χ1v) is 12.1. The van der Waals surface area contributed by atoms with Crippen molar-refractivity contribution in [3.8, 4) is 17.2 Å². The van der Waals surface area contributed by atoms with Gasteiger partial charge in [-0.05, 0) is 53.7 Å². The summed E-state index contributed by atoms with van der Waals surface area (Å²) in [5.74, 6) is 1.64. The molecular formula is C27H27N3O4S. The monoisotopic (exact) mass is 489 g/mol. The van der Waals surface area contributed by atoms with Crippen molar-refractivity contribution < 1.29 is 19.0 Å². The zero-order valence-electron chi connectivity index (χ0n) is 19.7. The number of carbonyl (C=O) groups is 1. The number of nitrogens with one attached hydrogen (secondary N) is 1. The minimum Gasteiger partial charge on any atom is -0.493 e. The molecule has 0 unspecified atom stereocenters. The standard InChI is InChI=1S/C27H27N3O4S/c1-4-8-20-15-18(16-21-25(28)30-11-14-35-27(30)29-26(21)31)17-23(32-3)24(20)34-13-12-33-22-10-7-6-9-19(22)5-2/h4,6-7,9-11,14-17,28H,1,5,8,12-13H2,2-3H3/b21-16-,28-25?. The van der Waals surface area contributed by atoms with E-state index in [4.69, 9.17) is 19.6 Å². The third kappa shape index (κ3) is 5.33. The second kappa shape index (κ2) is 11.1. The molecule has 0 saturated heterocycles. The lowest BCUT2D eigenvalue weighted by Gasteiger charge is -2.22. The number of amidine groups is 2. The van der Waals surface area contributed by atoms with Crippen molar-refractivity contribution in [2.45, 2.75) is 19.8 Å². The molecule has 0 spiro atoms. The minimum atomic E-state index is -0.438. The highest BCUT2D eigenvalue weighted by atomic mass is 32.2. The van der Waals surface area contributed by atoms with Crippen LogP contribution in [0.1, 0.15) is 23.6 Å². The number of para-hydroxylation sites is 1. The molecule has 8 heteroatoms. The van der Waals surface area contributed by atoms with Crippen LogP contribution < -0.4 is 14.2 Å². The van der Waals surface area contributed by atoms with Crippen LogP contribution in [0.3, 0.4) is 0 Å². The van der Waals surface area contributed by atoms with E-state index >= 15 is 0 Å². The Hall–Kier alpha value is -3.78. The fourth-order valence-corrected chi connectivity index (χ4v) is 4.53. The van der Waals surface area contributed by atoms with Gasteiger partial charge < -0.3 is 14.2 Å². The van der Waals surface area contributed by atoms with Gasteiger partial charge in [0.2, 0.25) is 0 Å². The molecule has 35 heavy (non-hydrogen) atoms. The Bertz CT molecular complexity index is 1250. The Morgan fingerprint density at radius 2 is 1.94 bits per heavy atom. The normalized spacial score (nSPS) is 15.8. The third-order valence-electron chi connectivity index (χ3n) is 5.50. The van der Waals surface area contributed by atoms with Crippen molar-refractivity contribution in [2.24, 2.45) is 4.99 Å². The number of rotatable bonds is 10. The van der Waals surface area contributed by atoms with E-state index in [1.54, 1.807) is 41.8 Å². The zero-order valence-corrected chi connectivity index (χ0v) is 20.6. The molecule has 7 nitrogen and oxygen atoms in total. The summed E-state index contributed by atoms with van der Waals surface area (Å²) in [6.45, 7) is 6.66.